The number of sulfonamides is 1. The van der Waals surface area contributed by atoms with Crippen LogP contribution in [0.15, 0.2) is 47.6 Å². The minimum Gasteiger partial charge on any atom is -0.396 e. The van der Waals surface area contributed by atoms with Crippen molar-refractivity contribution in [2.45, 2.75) is 11.8 Å². The van der Waals surface area contributed by atoms with Crippen LogP contribution in [0.1, 0.15) is 6.92 Å². The smallest absolute Gasteiger partial charge is 0.264 e. The molecule has 106 valence electrons. The summed E-state index contributed by atoms with van der Waals surface area (Å²) in [6.45, 7) is 1.95. The third-order valence-corrected chi connectivity index (χ3v) is 4.69. The zero-order chi connectivity index (χ0) is 14.8. The number of nitrogens with zero attached hydrogens (tertiary/aromatic N) is 2. The molecule has 0 saturated heterocycles. The normalized spacial score (nSPS) is 11.3. The number of anilines is 2. The topological polar surface area (TPSA) is 76.3 Å². The average Bonchev–Trinajstić information content (AvgIpc) is 2.43. The number of nitrogen functional groups attached to an aromatic ring is 1. The highest BCUT2D eigenvalue weighted by Gasteiger charge is 2.24. The Labute approximate surface area is 116 Å². The third kappa shape index (κ3) is 2.57. The van der Waals surface area contributed by atoms with E-state index in [9.17, 15) is 12.8 Å². The number of hydrogen-bond donors (Lipinski definition) is 1. The van der Waals surface area contributed by atoms with E-state index in [4.69, 9.17) is 5.73 Å². The second kappa shape index (κ2) is 5.46. The molecule has 0 spiro atoms. The van der Waals surface area contributed by atoms with Crippen molar-refractivity contribution in [2.75, 3.05) is 16.6 Å². The van der Waals surface area contributed by atoms with Crippen molar-refractivity contribution in [3.8, 4) is 0 Å². The Kier molecular flexibility index (Phi) is 3.89. The van der Waals surface area contributed by atoms with Gasteiger partial charge >= 0.3 is 0 Å². The lowest BCUT2D eigenvalue weighted by Crippen LogP contribution is -2.30. The SMILES string of the molecule is CCN(c1ccncc1)S(=O)(=O)c1ccc(F)c(N)c1. The van der Waals surface area contributed by atoms with Crippen molar-refractivity contribution in [1.82, 2.24) is 4.98 Å². The highest BCUT2D eigenvalue weighted by atomic mass is 32.2. The van der Waals surface area contributed by atoms with Crippen molar-refractivity contribution in [2.24, 2.45) is 0 Å². The molecule has 5 nitrogen and oxygen atoms in total. The maximum Gasteiger partial charge on any atom is 0.264 e. The van der Waals surface area contributed by atoms with Crippen LogP contribution >= 0.6 is 0 Å². The summed E-state index contributed by atoms with van der Waals surface area (Å²) in [7, 11) is -3.78. The van der Waals surface area contributed by atoms with E-state index in [0.717, 1.165) is 12.1 Å². The predicted octanol–water partition coefficient (Wildman–Crippen LogP) is 2.02. The van der Waals surface area contributed by atoms with Crippen LogP contribution < -0.4 is 10.0 Å². The van der Waals surface area contributed by atoms with Gasteiger partial charge in [-0.3, -0.25) is 9.29 Å². The quantitative estimate of drug-likeness (QED) is 0.875. The zero-order valence-electron chi connectivity index (χ0n) is 10.8. The largest absolute Gasteiger partial charge is 0.396 e. The molecule has 2 rings (SSSR count). The van der Waals surface area contributed by atoms with Crippen LogP contribution in [0.4, 0.5) is 15.8 Å². The number of hydrogen-bond acceptors (Lipinski definition) is 4. The van der Waals surface area contributed by atoms with Gasteiger partial charge in [-0.2, -0.15) is 0 Å². The molecule has 2 N–H and O–H groups in total. The maximum atomic E-state index is 13.2. The highest BCUT2D eigenvalue weighted by Crippen LogP contribution is 2.24. The summed E-state index contributed by atoms with van der Waals surface area (Å²) in [5.74, 6) is -0.643. The number of nitrogens with two attached hydrogens (primary N) is 1. The van der Waals surface area contributed by atoms with Gasteiger partial charge in [-0.25, -0.2) is 12.8 Å². The zero-order valence-corrected chi connectivity index (χ0v) is 11.6. The molecule has 0 fully saturated rings. The van der Waals surface area contributed by atoms with Crippen LogP contribution in [0, 0.1) is 5.82 Å². The number of benzene rings is 1. The van der Waals surface area contributed by atoms with E-state index in [0.29, 0.717) is 5.69 Å². The summed E-state index contributed by atoms with van der Waals surface area (Å²) in [5.41, 5.74) is 5.72. The van der Waals surface area contributed by atoms with Gasteiger partial charge in [0.05, 0.1) is 16.3 Å². The average molecular weight is 295 g/mol. The van der Waals surface area contributed by atoms with Gasteiger partial charge in [0.2, 0.25) is 0 Å². The molecule has 0 aliphatic heterocycles. The minimum absolute atomic E-state index is 0.0462. The molecule has 20 heavy (non-hydrogen) atoms. The minimum atomic E-state index is -3.78. The lowest BCUT2D eigenvalue weighted by atomic mass is 10.3. The maximum absolute atomic E-state index is 13.2. The van der Waals surface area contributed by atoms with Crippen molar-refractivity contribution in [1.29, 1.82) is 0 Å². The van der Waals surface area contributed by atoms with E-state index in [-0.39, 0.29) is 17.1 Å². The first-order valence-electron chi connectivity index (χ1n) is 5.94. The number of pyridine rings is 1. The molecule has 1 heterocycles. The van der Waals surface area contributed by atoms with E-state index in [1.807, 2.05) is 0 Å². The third-order valence-electron chi connectivity index (χ3n) is 2.79. The van der Waals surface area contributed by atoms with Crippen LogP contribution in [-0.2, 0) is 10.0 Å². The Morgan fingerprint density at radius 3 is 2.45 bits per heavy atom. The van der Waals surface area contributed by atoms with E-state index in [2.05, 4.69) is 4.98 Å². The molecule has 0 atom stereocenters. The van der Waals surface area contributed by atoms with Gasteiger partial charge < -0.3 is 5.73 Å². The van der Waals surface area contributed by atoms with Gasteiger partial charge in [-0.05, 0) is 37.3 Å². The molecule has 7 heteroatoms. The van der Waals surface area contributed by atoms with E-state index in [1.54, 1.807) is 19.1 Å². The molecule has 0 aliphatic carbocycles. The van der Waals surface area contributed by atoms with Gasteiger partial charge in [0.15, 0.2) is 0 Å². The Hall–Kier alpha value is -2.15. The van der Waals surface area contributed by atoms with Crippen LogP contribution in [0.3, 0.4) is 0 Å². The van der Waals surface area contributed by atoms with Crippen LogP contribution in [-0.4, -0.2) is 19.9 Å². The fourth-order valence-corrected chi connectivity index (χ4v) is 3.32. The molecular formula is C13H14FN3O2S. The van der Waals surface area contributed by atoms with Gasteiger partial charge in [0, 0.05) is 18.9 Å². The molecule has 2 aromatic rings. The summed E-state index contributed by atoms with van der Waals surface area (Å²) < 4.78 is 39.5. The molecular weight excluding hydrogens is 281 g/mol. The summed E-state index contributed by atoms with van der Waals surface area (Å²) in [5, 5.41) is 0. The van der Waals surface area contributed by atoms with Gasteiger partial charge in [0.25, 0.3) is 10.0 Å². The number of halogens is 1. The van der Waals surface area contributed by atoms with Crippen LogP contribution in [0.2, 0.25) is 0 Å². The molecule has 0 radical (unpaired) electrons. The molecule has 1 aromatic heterocycles. The summed E-state index contributed by atoms with van der Waals surface area (Å²) >= 11 is 0. The molecule has 1 aromatic carbocycles. The first-order valence-corrected chi connectivity index (χ1v) is 7.38. The Morgan fingerprint density at radius 2 is 1.90 bits per heavy atom. The Balaban J connectivity index is 2.50. The van der Waals surface area contributed by atoms with E-state index < -0.39 is 15.8 Å². The first kappa shape index (κ1) is 14.3. The van der Waals surface area contributed by atoms with Crippen LogP contribution in [0.25, 0.3) is 0 Å². The van der Waals surface area contributed by atoms with Gasteiger partial charge in [0.1, 0.15) is 5.82 Å². The molecule has 0 saturated carbocycles. The molecule has 0 bridgehead atoms. The lowest BCUT2D eigenvalue weighted by Gasteiger charge is -2.22. The second-order valence-electron chi connectivity index (χ2n) is 4.06. The van der Waals surface area contributed by atoms with Gasteiger partial charge in [-0.15, -0.1) is 0 Å². The van der Waals surface area contributed by atoms with Gasteiger partial charge in [-0.1, -0.05) is 0 Å². The Bertz CT molecular complexity index is 705. The fourth-order valence-electron chi connectivity index (χ4n) is 1.81. The molecule has 0 unspecified atom stereocenters. The van der Waals surface area contributed by atoms with Crippen molar-refractivity contribution >= 4 is 21.4 Å². The van der Waals surface area contributed by atoms with Crippen molar-refractivity contribution in [3.63, 3.8) is 0 Å². The Morgan fingerprint density at radius 1 is 1.25 bits per heavy atom. The standard InChI is InChI=1S/C13H14FN3O2S/c1-2-17(10-5-7-16-8-6-10)20(18,19)11-3-4-12(14)13(15)9-11/h3-9H,2,15H2,1H3. The monoisotopic (exact) mass is 295 g/mol. The number of aromatic nitrogens is 1. The number of rotatable bonds is 4. The summed E-state index contributed by atoms with van der Waals surface area (Å²) in [6.07, 6.45) is 3.01. The fraction of sp³-hybridized carbons (Fsp3) is 0.154. The summed E-state index contributed by atoms with van der Waals surface area (Å²) in [4.78, 5) is 3.81. The van der Waals surface area contributed by atoms with Crippen LogP contribution in [0.5, 0.6) is 0 Å². The van der Waals surface area contributed by atoms with Crippen molar-refractivity contribution < 1.29 is 12.8 Å². The molecule has 0 aliphatic rings. The lowest BCUT2D eigenvalue weighted by molar-refractivity contribution is 0.591. The predicted molar refractivity (Wildman–Crippen MR) is 75.3 cm³/mol. The van der Waals surface area contributed by atoms with E-state index >= 15 is 0 Å². The van der Waals surface area contributed by atoms with Crippen molar-refractivity contribution in [3.05, 3.63) is 48.5 Å². The second-order valence-corrected chi connectivity index (χ2v) is 5.92. The van der Waals surface area contributed by atoms with E-state index in [1.165, 1.54) is 22.8 Å². The molecule has 0 amide bonds. The summed E-state index contributed by atoms with van der Waals surface area (Å²) in [6, 6.07) is 6.55. The highest BCUT2D eigenvalue weighted by molar-refractivity contribution is 7.92. The first-order chi connectivity index (χ1) is 9.46.